The number of ether oxygens (including phenoxy) is 1. The molecule has 0 saturated heterocycles. The third-order valence-corrected chi connectivity index (χ3v) is 5.22. The van der Waals surface area contributed by atoms with Gasteiger partial charge in [0.15, 0.2) is 5.16 Å². The predicted octanol–water partition coefficient (Wildman–Crippen LogP) is 3.39. The minimum atomic E-state index is 0.155. The summed E-state index contributed by atoms with van der Waals surface area (Å²) in [5, 5.41) is 12.1. The standard InChI is InChI=1S/C20H20N8OS/c1-13-7-3-4-8-14(13)23-19-25-17(24-18(21)26-19)11-30-20-27-22-12-28(20)15-9-5-6-10-16(15)29-2/h3-10,12H,11H2,1-2H3,(H3,21,23,24,25,26). The molecule has 0 radical (unpaired) electrons. The Balaban J connectivity index is 1.53. The molecule has 30 heavy (non-hydrogen) atoms. The molecule has 0 aliphatic rings. The van der Waals surface area contributed by atoms with Crippen LogP contribution in [0.5, 0.6) is 5.75 Å². The zero-order valence-corrected chi connectivity index (χ0v) is 17.3. The minimum Gasteiger partial charge on any atom is -0.495 e. The van der Waals surface area contributed by atoms with Gasteiger partial charge in [0.25, 0.3) is 0 Å². The fourth-order valence-electron chi connectivity index (χ4n) is 2.84. The van der Waals surface area contributed by atoms with Crippen molar-refractivity contribution in [3.8, 4) is 11.4 Å². The van der Waals surface area contributed by atoms with Crippen molar-refractivity contribution in [1.82, 2.24) is 29.7 Å². The maximum absolute atomic E-state index is 5.90. The molecule has 0 aliphatic heterocycles. The number of hydrogen-bond acceptors (Lipinski definition) is 9. The third kappa shape index (κ3) is 4.33. The van der Waals surface area contributed by atoms with Gasteiger partial charge in [-0.25, -0.2) is 0 Å². The summed E-state index contributed by atoms with van der Waals surface area (Å²) in [5.41, 5.74) is 8.74. The van der Waals surface area contributed by atoms with Gasteiger partial charge in [0.2, 0.25) is 11.9 Å². The molecular weight excluding hydrogens is 400 g/mol. The second kappa shape index (κ2) is 8.78. The van der Waals surface area contributed by atoms with Gasteiger partial charge in [-0.2, -0.15) is 15.0 Å². The molecule has 10 heteroatoms. The van der Waals surface area contributed by atoms with E-state index in [0.29, 0.717) is 22.7 Å². The first-order chi connectivity index (χ1) is 14.6. The Bertz CT molecular complexity index is 1160. The van der Waals surface area contributed by atoms with E-state index in [4.69, 9.17) is 10.5 Å². The van der Waals surface area contributed by atoms with Crippen LogP contribution < -0.4 is 15.8 Å². The van der Waals surface area contributed by atoms with Crippen LogP contribution in [-0.2, 0) is 5.75 Å². The van der Waals surface area contributed by atoms with E-state index in [1.54, 1.807) is 13.4 Å². The fraction of sp³-hybridized carbons (Fsp3) is 0.150. The molecular formula is C20H20N8OS. The molecule has 0 saturated carbocycles. The molecule has 0 unspecified atom stereocenters. The van der Waals surface area contributed by atoms with Crippen LogP contribution in [-0.4, -0.2) is 36.8 Å². The molecule has 2 aromatic heterocycles. The molecule has 0 fully saturated rings. The van der Waals surface area contributed by atoms with Crippen molar-refractivity contribution < 1.29 is 4.74 Å². The molecule has 4 aromatic rings. The molecule has 0 bridgehead atoms. The predicted molar refractivity (Wildman–Crippen MR) is 116 cm³/mol. The first kappa shape index (κ1) is 19.6. The van der Waals surface area contributed by atoms with Crippen LogP contribution in [0, 0.1) is 6.92 Å². The number of nitrogens with two attached hydrogens (primary N) is 1. The lowest BCUT2D eigenvalue weighted by atomic mass is 10.2. The Morgan fingerprint density at radius 2 is 1.87 bits per heavy atom. The average Bonchev–Trinajstić information content (AvgIpc) is 3.22. The van der Waals surface area contributed by atoms with Crippen molar-refractivity contribution in [2.75, 3.05) is 18.2 Å². The fourth-order valence-corrected chi connectivity index (χ4v) is 3.61. The lowest BCUT2D eigenvalue weighted by Crippen LogP contribution is -2.07. The van der Waals surface area contributed by atoms with Gasteiger partial charge in [-0.05, 0) is 30.7 Å². The molecule has 2 heterocycles. The van der Waals surface area contributed by atoms with Crippen LogP contribution in [0.25, 0.3) is 5.69 Å². The number of nitrogens with one attached hydrogen (secondary N) is 1. The first-order valence-electron chi connectivity index (χ1n) is 9.13. The largest absolute Gasteiger partial charge is 0.495 e. The quantitative estimate of drug-likeness (QED) is 0.434. The molecule has 3 N–H and O–H groups in total. The number of nitrogens with zero attached hydrogens (tertiary/aromatic N) is 6. The summed E-state index contributed by atoms with van der Waals surface area (Å²) in [6.45, 7) is 2.01. The van der Waals surface area contributed by atoms with Crippen LogP contribution in [0.3, 0.4) is 0 Å². The monoisotopic (exact) mass is 420 g/mol. The van der Waals surface area contributed by atoms with E-state index in [9.17, 15) is 0 Å². The number of para-hydroxylation sites is 3. The highest BCUT2D eigenvalue weighted by atomic mass is 32.2. The Morgan fingerprint density at radius 3 is 2.70 bits per heavy atom. The summed E-state index contributed by atoms with van der Waals surface area (Å²) >= 11 is 1.45. The second-order valence-corrected chi connectivity index (χ2v) is 7.26. The van der Waals surface area contributed by atoms with Gasteiger partial charge in [0.1, 0.15) is 17.9 Å². The number of hydrogen-bond donors (Lipinski definition) is 2. The normalized spacial score (nSPS) is 10.7. The van der Waals surface area contributed by atoms with Gasteiger partial charge in [0, 0.05) is 5.69 Å². The van der Waals surface area contributed by atoms with Gasteiger partial charge in [0.05, 0.1) is 18.6 Å². The number of anilines is 3. The van der Waals surface area contributed by atoms with Crippen molar-refractivity contribution >= 4 is 29.3 Å². The van der Waals surface area contributed by atoms with E-state index in [1.807, 2.05) is 60.0 Å². The average molecular weight is 421 g/mol. The number of aromatic nitrogens is 6. The van der Waals surface area contributed by atoms with E-state index in [-0.39, 0.29) is 5.95 Å². The molecule has 9 nitrogen and oxygen atoms in total. The highest BCUT2D eigenvalue weighted by Gasteiger charge is 2.13. The second-order valence-electron chi connectivity index (χ2n) is 6.32. The maximum atomic E-state index is 5.90. The Morgan fingerprint density at radius 1 is 1.07 bits per heavy atom. The molecule has 0 spiro atoms. The number of thioether (sulfide) groups is 1. The van der Waals surface area contributed by atoms with E-state index in [2.05, 4.69) is 30.5 Å². The minimum absolute atomic E-state index is 0.155. The number of methoxy groups -OCH3 is 1. The van der Waals surface area contributed by atoms with E-state index in [0.717, 1.165) is 22.7 Å². The SMILES string of the molecule is COc1ccccc1-n1cnnc1SCc1nc(N)nc(Nc2ccccc2C)n1. The van der Waals surface area contributed by atoms with E-state index >= 15 is 0 Å². The number of benzene rings is 2. The van der Waals surface area contributed by atoms with Crippen LogP contribution in [0.4, 0.5) is 17.6 Å². The molecule has 152 valence electrons. The van der Waals surface area contributed by atoms with Gasteiger partial charge in [-0.3, -0.25) is 4.57 Å². The topological polar surface area (TPSA) is 117 Å². The summed E-state index contributed by atoms with van der Waals surface area (Å²) in [4.78, 5) is 12.9. The van der Waals surface area contributed by atoms with Crippen LogP contribution >= 0.6 is 11.8 Å². The molecule has 4 rings (SSSR count). The van der Waals surface area contributed by atoms with Crippen LogP contribution in [0.1, 0.15) is 11.4 Å². The number of rotatable bonds is 7. The number of nitrogen functional groups attached to an aromatic ring is 1. The van der Waals surface area contributed by atoms with Gasteiger partial charge in [-0.1, -0.05) is 42.1 Å². The zero-order chi connectivity index (χ0) is 20.9. The van der Waals surface area contributed by atoms with Crippen molar-refractivity contribution in [2.24, 2.45) is 0 Å². The highest BCUT2D eigenvalue weighted by molar-refractivity contribution is 7.98. The summed E-state index contributed by atoms with van der Waals surface area (Å²) in [5.74, 6) is 2.27. The van der Waals surface area contributed by atoms with Crippen molar-refractivity contribution in [1.29, 1.82) is 0 Å². The maximum Gasteiger partial charge on any atom is 0.232 e. The Labute approximate surface area is 177 Å². The molecule has 0 aliphatic carbocycles. The molecule has 0 amide bonds. The highest BCUT2D eigenvalue weighted by Crippen LogP contribution is 2.28. The first-order valence-corrected chi connectivity index (χ1v) is 10.1. The van der Waals surface area contributed by atoms with Crippen LogP contribution in [0.15, 0.2) is 60.0 Å². The summed E-state index contributed by atoms with van der Waals surface area (Å²) in [6, 6.07) is 15.6. The van der Waals surface area contributed by atoms with Crippen molar-refractivity contribution in [3.63, 3.8) is 0 Å². The summed E-state index contributed by atoms with van der Waals surface area (Å²) in [7, 11) is 1.63. The van der Waals surface area contributed by atoms with Gasteiger partial charge < -0.3 is 15.8 Å². The lowest BCUT2D eigenvalue weighted by Gasteiger charge is -2.11. The summed E-state index contributed by atoms with van der Waals surface area (Å²) in [6.07, 6.45) is 1.65. The lowest BCUT2D eigenvalue weighted by molar-refractivity contribution is 0.412. The van der Waals surface area contributed by atoms with Crippen molar-refractivity contribution in [3.05, 3.63) is 66.2 Å². The van der Waals surface area contributed by atoms with Crippen molar-refractivity contribution in [2.45, 2.75) is 17.8 Å². The zero-order valence-electron chi connectivity index (χ0n) is 16.5. The molecule has 0 atom stereocenters. The Kier molecular flexibility index (Phi) is 5.75. The summed E-state index contributed by atoms with van der Waals surface area (Å²) < 4.78 is 7.30. The smallest absolute Gasteiger partial charge is 0.232 e. The van der Waals surface area contributed by atoms with Crippen LogP contribution in [0.2, 0.25) is 0 Å². The number of aryl methyl sites for hydroxylation is 1. The Hall–Kier alpha value is -3.66. The van der Waals surface area contributed by atoms with Gasteiger partial charge >= 0.3 is 0 Å². The molecule has 2 aromatic carbocycles. The van der Waals surface area contributed by atoms with E-state index in [1.165, 1.54) is 11.8 Å². The van der Waals surface area contributed by atoms with E-state index < -0.39 is 0 Å². The van der Waals surface area contributed by atoms with Gasteiger partial charge in [-0.15, -0.1) is 10.2 Å². The third-order valence-electron chi connectivity index (χ3n) is 4.28.